The molecule has 0 N–H and O–H groups in total. The van der Waals surface area contributed by atoms with Crippen LogP contribution in [0, 0.1) is 5.92 Å². The maximum absolute atomic E-state index is 12.1. The third-order valence-electron chi connectivity index (χ3n) is 3.77. The summed E-state index contributed by atoms with van der Waals surface area (Å²) in [5.41, 5.74) is 0.386. The van der Waals surface area contributed by atoms with Gasteiger partial charge in [-0.05, 0) is 31.0 Å². The van der Waals surface area contributed by atoms with Gasteiger partial charge >= 0.3 is 11.9 Å². The van der Waals surface area contributed by atoms with Crippen molar-refractivity contribution >= 4 is 33.8 Å². The van der Waals surface area contributed by atoms with Gasteiger partial charge in [0.25, 0.3) is 5.91 Å². The van der Waals surface area contributed by atoms with Crippen LogP contribution in [0.25, 0.3) is 0 Å². The summed E-state index contributed by atoms with van der Waals surface area (Å²) in [5, 5.41) is 0. The maximum atomic E-state index is 12.1. The molecule has 0 bridgehead atoms. The fourth-order valence-electron chi connectivity index (χ4n) is 2.45. The lowest BCUT2D eigenvalue weighted by Crippen LogP contribution is -2.42. The second-order valence-corrected chi connectivity index (χ2v) is 6.18. The van der Waals surface area contributed by atoms with E-state index in [-0.39, 0.29) is 24.4 Å². The average molecular weight is 384 g/mol. The number of hydrogen-bond acceptors (Lipinski definition) is 5. The van der Waals surface area contributed by atoms with Crippen LogP contribution in [0.3, 0.4) is 0 Å². The number of amides is 1. The number of esters is 2. The number of benzene rings is 1. The molecule has 0 aliphatic carbocycles. The topological polar surface area (TPSA) is 72.9 Å². The summed E-state index contributed by atoms with van der Waals surface area (Å²) < 4.78 is 10.5. The van der Waals surface area contributed by atoms with Crippen molar-refractivity contribution in [3.8, 4) is 0 Å². The minimum Gasteiger partial charge on any atom is -0.469 e. The molecule has 1 aromatic rings. The summed E-state index contributed by atoms with van der Waals surface area (Å²) in [4.78, 5) is 37.0. The van der Waals surface area contributed by atoms with E-state index in [4.69, 9.17) is 9.47 Å². The minimum absolute atomic E-state index is 0.159. The van der Waals surface area contributed by atoms with Gasteiger partial charge in [0.05, 0.1) is 18.6 Å². The third kappa shape index (κ3) is 4.79. The Hall–Kier alpha value is -1.89. The predicted molar refractivity (Wildman–Crippen MR) is 85.7 cm³/mol. The number of halogens is 1. The van der Waals surface area contributed by atoms with Crippen LogP contribution in [0.5, 0.6) is 0 Å². The smallest absolute Gasteiger partial charge is 0.338 e. The van der Waals surface area contributed by atoms with E-state index in [1.54, 1.807) is 29.2 Å². The fraction of sp³-hybridized carbons (Fsp3) is 0.438. The van der Waals surface area contributed by atoms with Crippen LogP contribution in [0.1, 0.15) is 23.2 Å². The zero-order valence-electron chi connectivity index (χ0n) is 12.8. The van der Waals surface area contributed by atoms with Crippen molar-refractivity contribution in [3.63, 3.8) is 0 Å². The van der Waals surface area contributed by atoms with Crippen molar-refractivity contribution < 1.29 is 23.9 Å². The molecule has 23 heavy (non-hydrogen) atoms. The molecule has 1 aliphatic heterocycles. The van der Waals surface area contributed by atoms with E-state index >= 15 is 0 Å². The van der Waals surface area contributed by atoms with Gasteiger partial charge in [0, 0.05) is 17.6 Å². The fourth-order valence-corrected chi connectivity index (χ4v) is 2.85. The Labute approximate surface area is 142 Å². The highest BCUT2D eigenvalue weighted by Crippen LogP contribution is 2.18. The molecular weight excluding hydrogens is 366 g/mol. The Morgan fingerprint density at radius 3 is 2.57 bits per heavy atom. The molecule has 0 atom stereocenters. The van der Waals surface area contributed by atoms with Crippen molar-refractivity contribution in [2.24, 2.45) is 5.92 Å². The standard InChI is InChI=1S/C16H18BrNO5/c1-22-15(20)11-5-7-18(8-6-11)14(19)10-23-16(21)12-3-2-4-13(17)9-12/h2-4,9,11H,5-8,10H2,1H3. The Bertz CT molecular complexity index is 596. The van der Waals surface area contributed by atoms with Gasteiger partial charge in [-0.25, -0.2) is 4.79 Å². The predicted octanol–water partition coefficient (Wildman–Crippen LogP) is 2.02. The Kier molecular flexibility index (Phi) is 6.15. The molecule has 6 nitrogen and oxygen atoms in total. The quantitative estimate of drug-likeness (QED) is 0.743. The van der Waals surface area contributed by atoms with Crippen LogP contribution < -0.4 is 0 Å². The van der Waals surface area contributed by atoms with Crippen LogP contribution in [0.15, 0.2) is 28.7 Å². The summed E-state index contributed by atoms with van der Waals surface area (Å²) in [6.45, 7) is 0.633. The second kappa shape index (κ2) is 8.10. The summed E-state index contributed by atoms with van der Waals surface area (Å²) in [5.74, 6) is -1.19. The van der Waals surface area contributed by atoms with Crippen molar-refractivity contribution in [1.82, 2.24) is 4.90 Å². The van der Waals surface area contributed by atoms with E-state index in [0.717, 1.165) is 4.47 Å². The highest BCUT2D eigenvalue weighted by Gasteiger charge is 2.28. The van der Waals surface area contributed by atoms with Crippen molar-refractivity contribution in [3.05, 3.63) is 34.3 Å². The van der Waals surface area contributed by atoms with Crippen molar-refractivity contribution in [2.75, 3.05) is 26.8 Å². The Morgan fingerprint density at radius 2 is 1.96 bits per heavy atom. The molecule has 1 fully saturated rings. The summed E-state index contributed by atoms with van der Waals surface area (Å²) in [7, 11) is 1.36. The molecular formula is C16H18BrNO5. The molecule has 0 aromatic heterocycles. The molecule has 1 aliphatic rings. The largest absolute Gasteiger partial charge is 0.469 e. The molecule has 0 unspecified atom stereocenters. The Balaban J connectivity index is 1.79. The van der Waals surface area contributed by atoms with E-state index in [2.05, 4.69) is 15.9 Å². The van der Waals surface area contributed by atoms with Crippen molar-refractivity contribution in [2.45, 2.75) is 12.8 Å². The van der Waals surface area contributed by atoms with Crippen LogP contribution >= 0.6 is 15.9 Å². The maximum Gasteiger partial charge on any atom is 0.338 e. The van der Waals surface area contributed by atoms with Gasteiger partial charge in [-0.15, -0.1) is 0 Å². The van der Waals surface area contributed by atoms with Gasteiger partial charge in [0.2, 0.25) is 0 Å². The number of ether oxygens (including phenoxy) is 2. The summed E-state index contributed by atoms with van der Waals surface area (Å²) in [6, 6.07) is 6.78. The molecule has 0 saturated carbocycles. The molecule has 1 heterocycles. The van der Waals surface area contributed by atoms with Crippen molar-refractivity contribution in [1.29, 1.82) is 0 Å². The molecule has 124 valence electrons. The Morgan fingerprint density at radius 1 is 1.26 bits per heavy atom. The van der Waals surface area contributed by atoms with Gasteiger partial charge in [-0.1, -0.05) is 22.0 Å². The lowest BCUT2D eigenvalue weighted by atomic mass is 9.97. The van der Waals surface area contributed by atoms with E-state index < -0.39 is 5.97 Å². The van der Waals surface area contributed by atoms with Gasteiger partial charge in [-0.2, -0.15) is 0 Å². The molecule has 7 heteroatoms. The van der Waals surface area contributed by atoms with Crippen LogP contribution in [-0.2, 0) is 19.1 Å². The highest BCUT2D eigenvalue weighted by molar-refractivity contribution is 9.10. The first-order valence-corrected chi connectivity index (χ1v) is 8.09. The number of rotatable bonds is 4. The number of carbonyl (C=O) groups is 3. The number of nitrogens with zero attached hydrogens (tertiary/aromatic N) is 1. The molecule has 1 aromatic carbocycles. The lowest BCUT2D eigenvalue weighted by molar-refractivity contribution is -0.149. The molecule has 1 saturated heterocycles. The van der Waals surface area contributed by atoms with Gasteiger partial charge in [-0.3, -0.25) is 9.59 Å². The van der Waals surface area contributed by atoms with Crippen LogP contribution in [0.2, 0.25) is 0 Å². The third-order valence-corrected chi connectivity index (χ3v) is 4.26. The number of piperidine rings is 1. The van der Waals surface area contributed by atoms with Gasteiger partial charge < -0.3 is 14.4 Å². The van der Waals surface area contributed by atoms with E-state index in [1.807, 2.05) is 0 Å². The monoisotopic (exact) mass is 383 g/mol. The minimum atomic E-state index is -0.538. The number of hydrogen-bond donors (Lipinski definition) is 0. The van der Waals surface area contributed by atoms with E-state index in [0.29, 0.717) is 31.5 Å². The second-order valence-electron chi connectivity index (χ2n) is 5.26. The first-order chi connectivity index (χ1) is 11.0. The molecule has 0 radical (unpaired) electrons. The normalized spacial score (nSPS) is 15.1. The van der Waals surface area contributed by atoms with Crippen LogP contribution in [-0.4, -0.2) is 49.6 Å². The SMILES string of the molecule is COC(=O)C1CCN(C(=O)COC(=O)c2cccc(Br)c2)CC1. The summed E-state index contributed by atoms with van der Waals surface area (Å²) >= 11 is 3.28. The van der Waals surface area contributed by atoms with E-state index in [1.165, 1.54) is 7.11 Å². The average Bonchev–Trinajstić information content (AvgIpc) is 2.58. The van der Waals surface area contributed by atoms with Crippen LogP contribution in [0.4, 0.5) is 0 Å². The zero-order chi connectivity index (χ0) is 16.8. The number of carbonyl (C=O) groups excluding carboxylic acids is 3. The molecule has 2 rings (SSSR count). The van der Waals surface area contributed by atoms with Gasteiger partial charge in [0.15, 0.2) is 6.61 Å². The number of likely N-dealkylation sites (tertiary alicyclic amines) is 1. The zero-order valence-corrected chi connectivity index (χ0v) is 14.4. The first-order valence-electron chi connectivity index (χ1n) is 7.29. The lowest BCUT2D eigenvalue weighted by Gasteiger charge is -2.30. The highest BCUT2D eigenvalue weighted by atomic mass is 79.9. The molecule has 1 amide bonds. The van der Waals surface area contributed by atoms with Gasteiger partial charge in [0.1, 0.15) is 0 Å². The molecule has 0 spiro atoms. The summed E-state index contributed by atoms with van der Waals surface area (Å²) in [6.07, 6.45) is 1.13. The first kappa shape index (κ1) is 17.5. The number of methoxy groups -OCH3 is 1. The van der Waals surface area contributed by atoms with E-state index in [9.17, 15) is 14.4 Å².